The molecule has 3 aromatic rings. The number of hydrogen-bond donors (Lipinski definition) is 0. The summed E-state index contributed by atoms with van der Waals surface area (Å²) in [6.45, 7) is 0.459. The van der Waals surface area contributed by atoms with Crippen molar-refractivity contribution in [3.8, 4) is 11.3 Å². The van der Waals surface area contributed by atoms with Gasteiger partial charge in [0.1, 0.15) is 5.76 Å². The highest BCUT2D eigenvalue weighted by Crippen LogP contribution is 2.32. The average molecular weight is 391 g/mol. The molecule has 28 heavy (non-hydrogen) atoms. The number of carbonyl (C=O) groups excluding carboxylic acids is 1. The number of pyridine rings is 1. The van der Waals surface area contributed by atoms with Crippen LogP contribution in [-0.2, 0) is 17.5 Å². The Kier molecular flexibility index (Phi) is 5.67. The molecule has 2 heterocycles. The summed E-state index contributed by atoms with van der Waals surface area (Å²) in [7, 11) is 0. The van der Waals surface area contributed by atoms with E-state index in [-0.39, 0.29) is 29.3 Å². The van der Waals surface area contributed by atoms with Gasteiger partial charge in [-0.1, -0.05) is 18.2 Å². The van der Waals surface area contributed by atoms with Crippen LogP contribution in [0.25, 0.3) is 11.3 Å². The van der Waals surface area contributed by atoms with E-state index in [0.717, 1.165) is 12.1 Å². The highest BCUT2D eigenvalue weighted by molar-refractivity contribution is 5.87. The fourth-order valence-corrected chi connectivity index (χ4v) is 2.57. The molecule has 0 radical (unpaired) electrons. The Labute approximate surface area is 158 Å². The molecule has 1 aromatic carbocycles. The van der Waals surface area contributed by atoms with E-state index in [0.29, 0.717) is 13.0 Å². The van der Waals surface area contributed by atoms with Gasteiger partial charge in [-0.3, -0.25) is 4.79 Å². The molecule has 0 amide bonds. The quantitative estimate of drug-likeness (QED) is 0.462. The van der Waals surface area contributed by atoms with Crippen molar-refractivity contribution >= 4 is 5.97 Å². The maximum atomic E-state index is 12.8. The Morgan fingerprint density at radius 3 is 2.64 bits per heavy atom. The number of carbonyl (C=O) groups is 1. The number of furan rings is 1. The van der Waals surface area contributed by atoms with E-state index >= 15 is 0 Å². The molecule has 5 nitrogen and oxygen atoms in total. The summed E-state index contributed by atoms with van der Waals surface area (Å²) < 4.78 is 50.4. The molecule has 0 aliphatic heterocycles. The molecule has 0 spiro atoms. The van der Waals surface area contributed by atoms with Crippen molar-refractivity contribution in [3.63, 3.8) is 0 Å². The molecule has 2 aromatic heterocycles. The zero-order valence-electron chi connectivity index (χ0n) is 14.6. The van der Waals surface area contributed by atoms with Crippen LogP contribution in [0.1, 0.15) is 22.5 Å². The normalized spacial score (nSPS) is 11.4. The first-order chi connectivity index (χ1) is 13.3. The van der Waals surface area contributed by atoms with Crippen molar-refractivity contribution in [2.45, 2.75) is 19.1 Å². The number of aromatic nitrogens is 1. The first kappa shape index (κ1) is 19.5. The SMILES string of the molecule is O=C(OCCCn1ccccc1=O)c1ccc(-c2cccc(C(F)(F)F)c2)o1. The van der Waals surface area contributed by atoms with Crippen molar-refractivity contribution < 1.29 is 27.1 Å². The topological polar surface area (TPSA) is 61.4 Å². The fourth-order valence-electron chi connectivity index (χ4n) is 2.57. The lowest BCUT2D eigenvalue weighted by atomic mass is 10.1. The first-order valence-electron chi connectivity index (χ1n) is 8.45. The molecular formula is C20H16F3NO4. The summed E-state index contributed by atoms with van der Waals surface area (Å²) in [6.07, 6.45) is -2.40. The molecule has 0 N–H and O–H groups in total. The maximum absolute atomic E-state index is 12.8. The molecular weight excluding hydrogens is 375 g/mol. The number of aryl methyl sites for hydroxylation is 1. The second-order valence-electron chi connectivity index (χ2n) is 5.96. The van der Waals surface area contributed by atoms with Gasteiger partial charge >= 0.3 is 12.1 Å². The largest absolute Gasteiger partial charge is 0.460 e. The van der Waals surface area contributed by atoms with E-state index in [9.17, 15) is 22.8 Å². The van der Waals surface area contributed by atoms with E-state index in [1.807, 2.05) is 0 Å². The van der Waals surface area contributed by atoms with Crippen LogP contribution in [0.2, 0.25) is 0 Å². The molecule has 0 atom stereocenters. The molecule has 0 fully saturated rings. The van der Waals surface area contributed by atoms with E-state index in [1.165, 1.54) is 34.9 Å². The molecule has 0 aliphatic carbocycles. The van der Waals surface area contributed by atoms with Crippen molar-refractivity contribution in [2.75, 3.05) is 6.61 Å². The monoisotopic (exact) mass is 391 g/mol. The number of alkyl halides is 3. The lowest BCUT2D eigenvalue weighted by Gasteiger charge is -2.07. The van der Waals surface area contributed by atoms with E-state index in [4.69, 9.17) is 9.15 Å². The van der Waals surface area contributed by atoms with Gasteiger partial charge in [0, 0.05) is 24.4 Å². The van der Waals surface area contributed by atoms with Gasteiger partial charge in [-0.05, 0) is 36.8 Å². The molecule has 0 unspecified atom stereocenters. The average Bonchev–Trinajstić information content (AvgIpc) is 3.16. The zero-order chi connectivity index (χ0) is 20.1. The van der Waals surface area contributed by atoms with Crippen molar-refractivity contribution in [1.29, 1.82) is 0 Å². The van der Waals surface area contributed by atoms with Crippen molar-refractivity contribution in [1.82, 2.24) is 4.57 Å². The third-order valence-electron chi connectivity index (χ3n) is 3.96. The molecule has 0 saturated carbocycles. The predicted octanol–water partition coefficient (Wildman–Crippen LogP) is 4.37. The lowest BCUT2D eigenvalue weighted by Crippen LogP contribution is -2.19. The van der Waals surface area contributed by atoms with Crippen LogP contribution < -0.4 is 5.56 Å². The number of nitrogens with zero attached hydrogens (tertiary/aromatic N) is 1. The minimum absolute atomic E-state index is 0.0692. The number of hydrogen-bond acceptors (Lipinski definition) is 4. The van der Waals surface area contributed by atoms with E-state index in [2.05, 4.69) is 0 Å². The summed E-state index contributed by atoms with van der Waals surface area (Å²) in [6, 6.07) is 12.2. The Balaban J connectivity index is 1.58. The summed E-state index contributed by atoms with van der Waals surface area (Å²) >= 11 is 0. The van der Waals surface area contributed by atoms with Crippen molar-refractivity contribution in [2.24, 2.45) is 0 Å². The van der Waals surface area contributed by atoms with Gasteiger partial charge in [-0.2, -0.15) is 13.2 Å². The van der Waals surface area contributed by atoms with Crippen LogP contribution in [0.4, 0.5) is 13.2 Å². The second kappa shape index (κ2) is 8.16. The Morgan fingerprint density at radius 1 is 1.07 bits per heavy atom. The fraction of sp³-hybridized carbons (Fsp3) is 0.200. The number of ether oxygens (including phenoxy) is 1. The van der Waals surface area contributed by atoms with Crippen LogP contribution >= 0.6 is 0 Å². The Hall–Kier alpha value is -3.29. The standard InChI is InChI=1S/C20H16F3NO4/c21-20(22,23)15-6-3-5-14(13-15)16-8-9-17(28-16)19(26)27-12-4-11-24-10-2-1-7-18(24)25/h1-3,5-10,13H,4,11-12H2. The number of benzene rings is 1. The van der Waals surface area contributed by atoms with Crippen molar-refractivity contribution in [3.05, 3.63) is 82.5 Å². The van der Waals surface area contributed by atoms with Gasteiger partial charge < -0.3 is 13.7 Å². The van der Waals surface area contributed by atoms with Gasteiger partial charge in [0.25, 0.3) is 0 Å². The zero-order valence-corrected chi connectivity index (χ0v) is 14.6. The van der Waals surface area contributed by atoms with Gasteiger partial charge in [-0.15, -0.1) is 0 Å². The highest BCUT2D eigenvalue weighted by atomic mass is 19.4. The second-order valence-corrected chi connectivity index (χ2v) is 5.96. The van der Waals surface area contributed by atoms with Crippen LogP contribution in [-0.4, -0.2) is 17.1 Å². The smallest absolute Gasteiger partial charge is 0.416 e. The number of esters is 1. The third-order valence-corrected chi connectivity index (χ3v) is 3.96. The lowest BCUT2D eigenvalue weighted by molar-refractivity contribution is -0.137. The van der Waals surface area contributed by atoms with Gasteiger partial charge in [0.15, 0.2) is 0 Å². The third kappa shape index (κ3) is 4.70. The predicted molar refractivity (Wildman–Crippen MR) is 94.7 cm³/mol. The molecule has 8 heteroatoms. The van der Waals surface area contributed by atoms with Crippen LogP contribution in [0, 0.1) is 0 Å². The summed E-state index contributed by atoms with van der Waals surface area (Å²) in [5.74, 6) is -0.697. The Bertz CT molecular complexity index is 1020. The van der Waals surface area contributed by atoms with E-state index in [1.54, 1.807) is 18.3 Å². The summed E-state index contributed by atoms with van der Waals surface area (Å²) in [5.41, 5.74) is -0.746. The molecule has 0 aliphatic rings. The molecule has 0 saturated heterocycles. The molecule has 146 valence electrons. The minimum atomic E-state index is -4.47. The van der Waals surface area contributed by atoms with Gasteiger partial charge in [-0.25, -0.2) is 4.79 Å². The number of halogens is 3. The maximum Gasteiger partial charge on any atom is 0.416 e. The first-order valence-corrected chi connectivity index (χ1v) is 8.45. The number of rotatable bonds is 6. The Morgan fingerprint density at radius 2 is 1.89 bits per heavy atom. The van der Waals surface area contributed by atoms with Crippen LogP contribution in [0.3, 0.4) is 0 Å². The van der Waals surface area contributed by atoms with E-state index < -0.39 is 17.7 Å². The van der Waals surface area contributed by atoms with Gasteiger partial charge in [0.2, 0.25) is 11.3 Å². The molecule has 0 bridgehead atoms. The minimum Gasteiger partial charge on any atom is -0.460 e. The summed E-state index contributed by atoms with van der Waals surface area (Å²) in [4.78, 5) is 23.6. The van der Waals surface area contributed by atoms with Crippen LogP contribution in [0.5, 0.6) is 0 Å². The van der Waals surface area contributed by atoms with Gasteiger partial charge in [0.05, 0.1) is 12.2 Å². The van der Waals surface area contributed by atoms with Crippen LogP contribution in [0.15, 0.2) is 70.0 Å². The summed E-state index contributed by atoms with van der Waals surface area (Å²) in [5, 5.41) is 0. The highest BCUT2D eigenvalue weighted by Gasteiger charge is 2.30. The molecule has 3 rings (SSSR count).